The van der Waals surface area contributed by atoms with Crippen molar-refractivity contribution in [1.82, 2.24) is 0 Å². The molecule has 0 spiro atoms. The summed E-state index contributed by atoms with van der Waals surface area (Å²) in [4.78, 5) is 0. The predicted molar refractivity (Wildman–Crippen MR) is 41.7 cm³/mol. The summed E-state index contributed by atoms with van der Waals surface area (Å²) in [5, 5.41) is 2.16. The van der Waals surface area contributed by atoms with Gasteiger partial charge in [-0.05, 0) is 12.8 Å². The third-order valence-electron chi connectivity index (χ3n) is 1.62. The topological polar surface area (TPSA) is 0 Å². The van der Waals surface area contributed by atoms with E-state index in [1.54, 1.807) is 0 Å². The second kappa shape index (κ2) is 2.14. The molecule has 0 aliphatic carbocycles. The summed E-state index contributed by atoms with van der Waals surface area (Å²) >= 11 is 4.26. The van der Waals surface area contributed by atoms with Crippen molar-refractivity contribution in [3.05, 3.63) is 0 Å². The van der Waals surface area contributed by atoms with Crippen molar-refractivity contribution >= 4 is 23.5 Å². The van der Waals surface area contributed by atoms with Crippen LogP contribution in [0.5, 0.6) is 0 Å². The first-order valence-corrected chi connectivity index (χ1v) is 5.28. The van der Waals surface area contributed by atoms with Crippen LogP contribution in [0.15, 0.2) is 0 Å². The normalized spacial score (nSPS) is 42.0. The Bertz CT molecular complexity index is 72.5. The van der Waals surface area contributed by atoms with Gasteiger partial charge in [-0.3, -0.25) is 0 Å². The summed E-state index contributed by atoms with van der Waals surface area (Å²) in [5.41, 5.74) is 0. The SMILES string of the molecule is C(CC1CS1)C1CS1. The van der Waals surface area contributed by atoms with Crippen molar-refractivity contribution in [3.63, 3.8) is 0 Å². The molecular weight excluding hydrogens is 136 g/mol. The number of thioether (sulfide) groups is 2. The zero-order valence-corrected chi connectivity index (χ0v) is 6.43. The van der Waals surface area contributed by atoms with Gasteiger partial charge in [0.25, 0.3) is 0 Å². The summed E-state index contributed by atoms with van der Waals surface area (Å²) in [6.45, 7) is 0. The lowest BCUT2D eigenvalue weighted by Crippen LogP contribution is -1.87. The van der Waals surface area contributed by atoms with Gasteiger partial charge >= 0.3 is 0 Å². The Hall–Kier alpha value is 0.700. The van der Waals surface area contributed by atoms with Gasteiger partial charge in [0.15, 0.2) is 0 Å². The van der Waals surface area contributed by atoms with Crippen molar-refractivity contribution in [2.24, 2.45) is 0 Å². The minimum atomic E-state index is 1.08. The van der Waals surface area contributed by atoms with Crippen LogP contribution in [0.3, 0.4) is 0 Å². The molecule has 0 aromatic heterocycles. The van der Waals surface area contributed by atoms with Crippen molar-refractivity contribution in [3.8, 4) is 0 Å². The van der Waals surface area contributed by atoms with Crippen LogP contribution in [-0.4, -0.2) is 22.0 Å². The van der Waals surface area contributed by atoms with Crippen molar-refractivity contribution in [1.29, 1.82) is 0 Å². The van der Waals surface area contributed by atoms with Crippen LogP contribution in [0.4, 0.5) is 0 Å². The zero-order valence-electron chi connectivity index (χ0n) is 4.80. The van der Waals surface area contributed by atoms with Crippen LogP contribution in [0.25, 0.3) is 0 Å². The third-order valence-corrected chi connectivity index (χ3v) is 3.70. The molecule has 0 bridgehead atoms. The molecule has 0 aromatic rings. The maximum Gasteiger partial charge on any atom is 0.0139 e. The quantitative estimate of drug-likeness (QED) is 0.559. The fourth-order valence-corrected chi connectivity index (χ4v) is 2.05. The van der Waals surface area contributed by atoms with E-state index >= 15 is 0 Å². The molecule has 2 atom stereocenters. The summed E-state index contributed by atoms with van der Waals surface area (Å²) in [6, 6.07) is 0. The lowest BCUT2D eigenvalue weighted by molar-refractivity contribution is 0.788. The van der Waals surface area contributed by atoms with E-state index in [9.17, 15) is 0 Å². The number of hydrogen-bond donors (Lipinski definition) is 0. The highest BCUT2D eigenvalue weighted by molar-refractivity contribution is 8.07. The highest BCUT2D eigenvalue weighted by Crippen LogP contribution is 2.40. The van der Waals surface area contributed by atoms with Gasteiger partial charge in [-0.1, -0.05) is 0 Å². The largest absolute Gasteiger partial charge is 0.157 e. The maximum atomic E-state index is 2.13. The standard InChI is InChI=1S/C6H10S2/c1(5-3-7-5)2-6-4-8-6/h5-6H,1-4H2. The Morgan fingerprint density at radius 1 is 1.00 bits per heavy atom. The molecule has 2 aliphatic heterocycles. The maximum absolute atomic E-state index is 2.13. The molecule has 0 radical (unpaired) electrons. The van der Waals surface area contributed by atoms with Gasteiger partial charge in [-0.15, -0.1) is 0 Å². The van der Waals surface area contributed by atoms with Crippen LogP contribution in [-0.2, 0) is 0 Å². The number of hydrogen-bond acceptors (Lipinski definition) is 2. The van der Waals surface area contributed by atoms with E-state index in [4.69, 9.17) is 0 Å². The summed E-state index contributed by atoms with van der Waals surface area (Å²) in [7, 11) is 0. The Labute approximate surface area is 58.8 Å². The second-order valence-corrected chi connectivity index (χ2v) is 5.15. The Balaban J connectivity index is 1.56. The highest BCUT2D eigenvalue weighted by atomic mass is 32.2. The molecule has 2 rings (SSSR count). The summed E-state index contributed by atoms with van der Waals surface area (Å²) in [6.07, 6.45) is 3.00. The monoisotopic (exact) mass is 146 g/mol. The smallest absolute Gasteiger partial charge is 0.0139 e. The van der Waals surface area contributed by atoms with E-state index in [1.807, 2.05) is 0 Å². The van der Waals surface area contributed by atoms with Gasteiger partial charge in [0.1, 0.15) is 0 Å². The van der Waals surface area contributed by atoms with E-state index in [0.717, 1.165) is 10.5 Å². The van der Waals surface area contributed by atoms with E-state index in [0.29, 0.717) is 0 Å². The highest BCUT2D eigenvalue weighted by Gasteiger charge is 2.27. The molecular formula is C6H10S2. The Morgan fingerprint density at radius 2 is 1.38 bits per heavy atom. The van der Waals surface area contributed by atoms with Crippen molar-refractivity contribution < 1.29 is 0 Å². The van der Waals surface area contributed by atoms with Gasteiger partial charge in [0, 0.05) is 22.0 Å². The second-order valence-electron chi connectivity index (χ2n) is 2.49. The lowest BCUT2D eigenvalue weighted by atomic mass is 10.2. The van der Waals surface area contributed by atoms with Crippen LogP contribution in [0, 0.1) is 0 Å². The van der Waals surface area contributed by atoms with E-state index in [2.05, 4.69) is 23.5 Å². The molecule has 0 aromatic carbocycles. The van der Waals surface area contributed by atoms with E-state index in [-0.39, 0.29) is 0 Å². The molecule has 0 nitrogen and oxygen atoms in total. The Kier molecular flexibility index (Phi) is 1.47. The van der Waals surface area contributed by atoms with Crippen LogP contribution >= 0.6 is 23.5 Å². The fourth-order valence-electron chi connectivity index (χ4n) is 0.841. The number of rotatable bonds is 3. The average Bonchev–Trinajstić information content (AvgIpc) is 2.60. The molecule has 2 fully saturated rings. The van der Waals surface area contributed by atoms with Gasteiger partial charge in [-0.25, -0.2) is 0 Å². The van der Waals surface area contributed by atoms with Gasteiger partial charge < -0.3 is 0 Å². The van der Waals surface area contributed by atoms with Crippen LogP contribution in [0.2, 0.25) is 0 Å². The molecule has 46 valence electrons. The average molecular weight is 146 g/mol. The van der Waals surface area contributed by atoms with Gasteiger partial charge in [0.2, 0.25) is 0 Å². The minimum Gasteiger partial charge on any atom is -0.157 e. The van der Waals surface area contributed by atoms with E-state index < -0.39 is 0 Å². The lowest BCUT2D eigenvalue weighted by Gasteiger charge is -1.88. The Morgan fingerprint density at radius 3 is 1.62 bits per heavy atom. The van der Waals surface area contributed by atoms with Crippen molar-refractivity contribution in [2.45, 2.75) is 23.3 Å². The van der Waals surface area contributed by atoms with Crippen LogP contribution < -0.4 is 0 Å². The molecule has 2 aliphatic rings. The fraction of sp³-hybridized carbons (Fsp3) is 1.00. The first-order valence-electron chi connectivity index (χ1n) is 3.18. The van der Waals surface area contributed by atoms with Crippen LogP contribution in [0.1, 0.15) is 12.8 Å². The summed E-state index contributed by atoms with van der Waals surface area (Å²) in [5.74, 6) is 2.91. The molecule has 0 saturated carbocycles. The molecule has 8 heavy (non-hydrogen) atoms. The first-order chi connectivity index (χ1) is 3.95. The molecule has 2 saturated heterocycles. The predicted octanol–water partition coefficient (Wildman–Crippen LogP) is 2.00. The first kappa shape index (κ1) is 5.48. The van der Waals surface area contributed by atoms with Gasteiger partial charge in [0.05, 0.1) is 0 Å². The molecule has 2 unspecified atom stereocenters. The molecule has 0 N–H and O–H groups in total. The van der Waals surface area contributed by atoms with Gasteiger partial charge in [-0.2, -0.15) is 23.5 Å². The third kappa shape index (κ3) is 1.59. The van der Waals surface area contributed by atoms with E-state index in [1.165, 1.54) is 24.3 Å². The minimum absolute atomic E-state index is 1.08. The molecule has 2 heteroatoms. The molecule has 0 amide bonds. The molecule has 2 heterocycles. The summed E-state index contributed by atoms with van der Waals surface area (Å²) < 4.78 is 0. The van der Waals surface area contributed by atoms with Crippen molar-refractivity contribution in [2.75, 3.05) is 11.5 Å². The zero-order chi connectivity index (χ0) is 5.40.